The molecule has 0 aliphatic carbocycles. The van der Waals surface area contributed by atoms with E-state index in [1.807, 2.05) is 40.0 Å². The van der Waals surface area contributed by atoms with Crippen molar-refractivity contribution in [2.24, 2.45) is 5.92 Å². The zero-order chi connectivity index (χ0) is 15.3. The van der Waals surface area contributed by atoms with Gasteiger partial charge in [0.2, 0.25) is 0 Å². The Balaban J connectivity index is 2.74. The number of hydrogen-bond donors (Lipinski definition) is 1. The van der Waals surface area contributed by atoms with Gasteiger partial charge < -0.3 is 10.1 Å². The predicted octanol–water partition coefficient (Wildman–Crippen LogP) is 3.23. The first kappa shape index (κ1) is 16.7. The molecule has 1 N–H and O–H groups in total. The van der Waals surface area contributed by atoms with Gasteiger partial charge in [0, 0.05) is 5.54 Å². The summed E-state index contributed by atoms with van der Waals surface area (Å²) in [6.07, 6.45) is -0.234. The summed E-state index contributed by atoms with van der Waals surface area (Å²) >= 11 is 1.31. The van der Waals surface area contributed by atoms with Crippen molar-refractivity contribution >= 4 is 23.2 Å². The van der Waals surface area contributed by atoms with Gasteiger partial charge in [0.05, 0.1) is 0 Å². The highest BCUT2D eigenvalue weighted by atomic mass is 32.1. The Bertz CT molecular complexity index is 446. The molecule has 1 amide bonds. The number of amides is 1. The highest BCUT2D eigenvalue weighted by Crippen LogP contribution is 2.16. The number of thiophene rings is 1. The van der Waals surface area contributed by atoms with E-state index in [1.165, 1.54) is 11.3 Å². The van der Waals surface area contributed by atoms with Crippen LogP contribution in [0.2, 0.25) is 0 Å². The zero-order valence-corrected chi connectivity index (χ0v) is 13.5. The molecule has 0 saturated carbocycles. The van der Waals surface area contributed by atoms with Gasteiger partial charge >= 0.3 is 5.97 Å². The first-order chi connectivity index (χ1) is 9.19. The fraction of sp³-hybridized carbons (Fsp3) is 0.600. The lowest BCUT2D eigenvalue weighted by molar-refractivity contribution is -0.132. The third kappa shape index (κ3) is 5.74. The third-order valence-corrected chi connectivity index (χ3v) is 3.30. The van der Waals surface area contributed by atoms with E-state index >= 15 is 0 Å². The smallest absolute Gasteiger partial charge is 0.349 e. The molecular weight excluding hydrogens is 274 g/mol. The maximum absolute atomic E-state index is 12.2. The molecule has 1 heterocycles. The molecule has 20 heavy (non-hydrogen) atoms. The molecule has 1 atom stereocenters. The van der Waals surface area contributed by atoms with Crippen LogP contribution in [0.5, 0.6) is 0 Å². The second kappa shape index (κ2) is 6.88. The summed E-state index contributed by atoms with van der Waals surface area (Å²) in [5, 5.41) is 4.67. The van der Waals surface area contributed by atoms with Crippen molar-refractivity contribution in [1.29, 1.82) is 0 Å². The zero-order valence-electron chi connectivity index (χ0n) is 12.7. The number of ether oxygens (including phenoxy) is 1. The van der Waals surface area contributed by atoms with Crippen LogP contribution >= 0.6 is 11.3 Å². The molecule has 1 aromatic heterocycles. The van der Waals surface area contributed by atoms with Crippen molar-refractivity contribution < 1.29 is 14.3 Å². The van der Waals surface area contributed by atoms with Crippen LogP contribution in [-0.4, -0.2) is 23.5 Å². The molecule has 0 aliphatic rings. The molecule has 0 radical (unpaired) electrons. The Labute approximate surface area is 124 Å². The minimum atomic E-state index is -0.746. The molecule has 0 bridgehead atoms. The van der Waals surface area contributed by atoms with E-state index in [9.17, 15) is 9.59 Å². The van der Waals surface area contributed by atoms with Gasteiger partial charge in [0.25, 0.3) is 5.91 Å². The Morgan fingerprint density at radius 1 is 1.35 bits per heavy atom. The van der Waals surface area contributed by atoms with E-state index in [-0.39, 0.29) is 17.4 Å². The fourth-order valence-corrected chi connectivity index (χ4v) is 2.27. The lowest BCUT2D eigenvalue weighted by atomic mass is 10.0. The molecule has 0 spiro atoms. The number of rotatable bonds is 5. The van der Waals surface area contributed by atoms with Crippen LogP contribution in [0.1, 0.15) is 50.7 Å². The van der Waals surface area contributed by atoms with Crippen molar-refractivity contribution in [3.05, 3.63) is 22.4 Å². The molecule has 0 unspecified atom stereocenters. The van der Waals surface area contributed by atoms with Crippen molar-refractivity contribution in [2.75, 3.05) is 0 Å². The highest BCUT2D eigenvalue weighted by molar-refractivity contribution is 7.11. The molecule has 5 heteroatoms. The molecule has 0 aromatic carbocycles. The molecule has 1 aromatic rings. The minimum absolute atomic E-state index is 0.240. The van der Waals surface area contributed by atoms with Gasteiger partial charge in [-0.15, -0.1) is 11.3 Å². The molecule has 1 rings (SSSR count). The number of hydrogen-bond acceptors (Lipinski definition) is 4. The minimum Gasteiger partial charge on any atom is -0.448 e. The quantitative estimate of drug-likeness (QED) is 0.849. The molecule has 0 fully saturated rings. The maximum atomic E-state index is 12.2. The van der Waals surface area contributed by atoms with Crippen LogP contribution in [0.25, 0.3) is 0 Å². The summed E-state index contributed by atoms with van der Waals surface area (Å²) in [4.78, 5) is 24.7. The molecule has 0 aliphatic heterocycles. The topological polar surface area (TPSA) is 55.4 Å². The van der Waals surface area contributed by atoms with E-state index in [4.69, 9.17) is 4.74 Å². The van der Waals surface area contributed by atoms with Crippen molar-refractivity contribution in [2.45, 2.75) is 52.7 Å². The standard InChI is InChI=1S/C15H23NO3S/c1-10(2)9-11(13(17)16-15(3,4)5)19-14(18)12-7-6-8-20-12/h6-8,10-11H,9H2,1-5H3,(H,16,17)/t11-/m1/s1. The molecule has 4 nitrogen and oxygen atoms in total. The average Bonchev–Trinajstić information content (AvgIpc) is 2.78. The lowest BCUT2D eigenvalue weighted by Crippen LogP contribution is -2.47. The third-order valence-electron chi connectivity index (χ3n) is 2.45. The van der Waals surface area contributed by atoms with Crippen LogP contribution in [0, 0.1) is 5.92 Å². The van der Waals surface area contributed by atoms with Crippen molar-refractivity contribution in [1.82, 2.24) is 5.32 Å². The Morgan fingerprint density at radius 3 is 2.45 bits per heavy atom. The normalized spacial score (nSPS) is 13.1. The van der Waals surface area contributed by atoms with E-state index < -0.39 is 12.1 Å². The van der Waals surface area contributed by atoms with Gasteiger partial charge in [-0.25, -0.2) is 4.79 Å². The maximum Gasteiger partial charge on any atom is 0.349 e. The molecule has 112 valence electrons. The summed E-state index contributed by atoms with van der Waals surface area (Å²) in [6.45, 7) is 9.70. The van der Waals surface area contributed by atoms with Crippen molar-refractivity contribution in [3.63, 3.8) is 0 Å². The van der Waals surface area contributed by atoms with Gasteiger partial charge in [-0.05, 0) is 44.6 Å². The van der Waals surface area contributed by atoms with Crippen LogP contribution in [0.15, 0.2) is 17.5 Å². The predicted molar refractivity (Wildman–Crippen MR) is 80.9 cm³/mol. The lowest BCUT2D eigenvalue weighted by Gasteiger charge is -2.25. The molecular formula is C15H23NO3S. The van der Waals surface area contributed by atoms with Gasteiger partial charge in [-0.2, -0.15) is 0 Å². The first-order valence-corrected chi connectivity index (χ1v) is 7.63. The van der Waals surface area contributed by atoms with E-state index in [0.717, 1.165) is 0 Å². The Morgan fingerprint density at radius 2 is 2.00 bits per heavy atom. The average molecular weight is 297 g/mol. The second-order valence-corrected chi connectivity index (χ2v) is 7.19. The first-order valence-electron chi connectivity index (χ1n) is 6.75. The van der Waals surface area contributed by atoms with E-state index in [1.54, 1.807) is 12.1 Å². The largest absolute Gasteiger partial charge is 0.448 e. The Kier molecular flexibility index (Phi) is 5.74. The monoisotopic (exact) mass is 297 g/mol. The van der Waals surface area contributed by atoms with Crippen LogP contribution in [0.3, 0.4) is 0 Å². The Hall–Kier alpha value is -1.36. The van der Waals surface area contributed by atoms with E-state index in [2.05, 4.69) is 5.32 Å². The van der Waals surface area contributed by atoms with Crippen LogP contribution < -0.4 is 5.32 Å². The van der Waals surface area contributed by atoms with E-state index in [0.29, 0.717) is 11.3 Å². The SMILES string of the molecule is CC(C)C[C@@H](OC(=O)c1cccs1)C(=O)NC(C)(C)C. The number of nitrogens with one attached hydrogen (secondary N) is 1. The van der Waals surface area contributed by atoms with Gasteiger partial charge in [0.15, 0.2) is 6.10 Å². The molecule has 0 saturated heterocycles. The summed E-state index contributed by atoms with van der Waals surface area (Å²) in [5.74, 6) is -0.410. The summed E-state index contributed by atoms with van der Waals surface area (Å²) in [7, 11) is 0. The summed E-state index contributed by atoms with van der Waals surface area (Å²) in [5.41, 5.74) is -0.346. The van der Waals surface area contributed by atoms with Crippen molar-refractivity contribution in [3.8, 4) is 0 Å². The number of carbonyl (C=O) groups is 2. The van der Waals surface area contributed by atoms with Crippen LogP contribution in [0.4, 0.5) is 0 Å². The van der Waals surface area contributed by atoms with Crippen LogP contribution in [-0.2, 0) is 9.53 Å². The highest BCUT2D eigenvalue weighted by Gasteiger charge is 2.27. The number of esters is 1. The van der Waals surface area contributed by atoms with Gasteiger partial charge in [-0.3, -0.25) is 4.79 Å². The van der Waals surface area contributed by atoms with Gasteiger partial charge in [-0.1, -0.05) is 19.9 Å². The second-order valence-electron chi connectivity index (χ2n) is 6.24. The summed E-state index contributed by atoms with van der Waals surface area (Å²) < 4.78 is 5.37. The summed E-state index contributed by atoms with van der Waals surface area (Å²) in [6, 6.07) is 3.48. The van der Waals surface area contributed by atoms with Gasteiger partial charge in [0.1, 0.15) is 4.88 Å². The number of carbonyl (C=O) groups excluding carboxylic acids is 2. The fourth-order valence-electron chi connectivity index (χ4n) is 1.67.